The molecule has 2 heterocycles. The first-order valence-corrected chi connectivity index (χ1v) is 9.21. The second-order valence-corrected chi connectivity index (χ2v) is 8.06. The van der Waals surface area contributed by atoms with Crippen LogP contribution in [0.4, 0.5) is 11.4 Å². The molecule has 0 spiro atoms. The summed E-state index contributed by atoms with van der Waals surface area (Å²) >= 11 is 0. The summed E-state index contributed by atoms with van der Waals surface area (Å²) in [5.74, 6) is -0.638. The minimum Gasteiger partial charge on any atom is -0.280 e. The van der Waals surface area contributed by atoms with Gasteiger partial charge in [0.25, 0.3) is 5.69 Å². The summed E-state index contributed by atoms with van der Waals surface area (Å²) < 4.78 is 0. The molecule has 2 bridgehead atoms. The highest BCUT2D eigenvalue weighted by atomic mass is 16.6. The van der Waals surface area contributed by atoms with Crippen LogP contribution in [-0.4, -0.2) is 39.8 Å². The van der Waals surface area contributed by atoms with Crippen LogP contribution in [0, 0.1) is 33.8 Å². The Morgan fingerprint density at radius 2 is 1.74 bits per heavy atom. The van der Waals surface area contributed by atoms with Crippen molar-refractivity contribution in [3.8, 4) is 0 Å². The van der Waals surface area contributed by atoms with Crippen molar-refractivity contribution < 1.29 is 14.5 Å². The summed E-state index contributed by atoms with van der Waals surface area (Å²) in [7, 11) is 0. The predicted molar refractivity (Wildman–Crippen MR) is 93.6 cm³/mol. The van der Waals surface area contributed by atoms with Gasteiger partial charge in [-0.15, -0.1) is 0 Å². The SMILES string of the molecule is CC(C)N1C(=O)[C@H]2[C@@H]3C[C@H]([C@@H]2C1=O)[C@@H]1[C@@H]3N=NN1c1ccc([N+](=O)[O-])cc1. The molecule has 27 heavy (non-hydrogen) atoms. The topological polar surface area (TPSA) is 108 Å². The lowest BCUT2D eigenvalue weighted by molar-refractivity contribution is -0.384. The van der Waals surface area contributed by atoms with Crippen molar-refractivity contribution >= 4 is 23.2 Å². The summed E-state index contributed by atoms with van der Waals surface area (Å²) in [5, 5.41) is 21.4. The molecule has 5 rings (SSSR count). The molecule has 3 fully saturated rings. The third-order valence-electron chi connectivity index (χ3n) is 6.53. The Morgan fingerprint density at radius 3 is 2.33 bits per heavy atom. The molecule has 2 saturated carbocycles. The number of nitro groups is 1. The van der Waals surface area contributed by atoms with Gasteiger partial charge in [-0.05, 0) is 44.2 Å². The van der Waals surface area contributed by atoms with Gasteiger partial charge in [0, 0.05) is 18.2 Å². The molecule has 0 N–H and O–H groups in total. The second-order valence-electron chi connectivity index (χ2n) is 8.06. The maximum atomic E-state index is 12.9. The van der Waals surface area contributed by atoms with E-state index in [9.17, 15) is 19.7 Å². The molecule has 6 atom stereocenters. The minimum atomic E-state index is -0.441. The van der Waals surface area contributed by atoms with Crippen molar-refractivity contribution in [3.63, 3.8) is 0 Å². The van der Waals surface area contributed by atoms with E-state index in [0.717, 1.165) is 12.1 Å². The summed E-state index contributed by atoms with van der Waals surface area (Å²) in [6.45, 7) is 3.73. The molecule has 140 valence electrons. The van der Waals surface area contributed by atoms with E-state index in [1.54, 1.807) is 17.1 Å². The fraction of sp³-hybridized carbons (Fsp3) is 0.556. The highest BCUT2D eigenvalue weighted by Gasteiger charge is 2.70. The zero-order chi connectivity index (χ0) is 19.0. The molecular formula is C18H19N5O4. The number of carbonyl (C=O) groups excluding carboxylic acids is 2. The van der Waals surface area contributed by atoms with Crippen molar-refractivity contribution in [2.75, 3.05) is 5.01 Å². The van der Waals surface area contributed by atoms with Crippen molar-refractivity contribution in [2.45, 2.75) is 38.4 Å². The molecule has 9 heteroatoms. The Bertz CT molecular complexity index is 882. The van der Waals surface area contributed by atoms with Crippen molar-refractivity contribution in [1.29, 1.82) is 0 Å². The Morgan fingerprint density at radius 1 is 1.11 bits per heavy atom. The zero-order valence-electron chi connectivity index (χ0n) is 14.9. The van der Waals surface area contributed by atoms with Crippen LogP contribution >= 0.6 is 0 Å². The predicted octanol–water partition coefficient (Wildman–Crippen LogP) is 2.18. The van der Waals surface area contributed by atoms with E-state index in [4.69, 9.17) is 0 Å². The van der Waals surface area contributed by atoms with Gasteiger partial charge in [0.15, 0.2) is 0 Å². The number of anilines is 1. The van der Waals surface area contributed by atoms with E-state index in [1.807, 2.05) is 13.8 Å². The summed E-state index contributed by atoms with van der Waals surface area (Å²) in [5.41, 5.74) is 0.738. The maximum Gasteiger partial charge on any atom is 0.269 e. The van der Waals surface area contributed by atoms with E-state index in [2.05, 4.69) is 10.3 Å². The number of rotatable bonds is 3. The Kier molecular flexibility index (Phi) is 3.23. The smallest absolute Gasteiger partial charge is 0.269 e. The van der Waals surface area contributed by atoms with E-state index < -0.39 is 4.92 Å². The van der Waals surface area contributed by atoms with E-state index in [0.29, 0.717) is 0 Å². The molecule has 0 aromatic heterocycles. The average Bonchev–Trinajstić information content (AvgIpc) is 3.35. The highest BCUT2D eigenvalue weighted by molar-refractivity contribution is 6.06. The number of nitro benzene ring substituents is 1. The largest absolute Gasteiger partial charge is 0.280 e. The summed E-state index contributed by atoms with van der Waals surface area (Å²) in [6.07, 6.45) is 0.802. The van der Waals surface area contributed by atoms with Crippen LogP contribution in [-0.2, 0) is 9.59 Å². The number of imide groups is 1. The molecule has 4 aliphatic rings. The van der Waals surface area contributed by atoms with Crippen molar-refractivity contribution in [2.24, 2.45) is 34.0 Å². The van der Waals surface area contributed by atoms with E-state index in [-0.39, 0.29) is 59.3 Å². The quantitative estimate of drug-likeness (QED) is 0.461. The van der Waals surface area contributed by atoms with Crippen LogP contribution in [0.2, 0.25) is 0 Å². The number of hydrogen-bond donors (Lipinski definition) is 0. The molecule has 1 aromatic rings. The number of benzene rings is 1. The molecule has 1 aromatic carbocycles. The van der Waals surface area contributed by atoms with Gasteiger partial charge in [-0.25, -0.2) is 5.01 Å². The maximum absolute atomic E-state index is 12.9. The molecule has 2 aliphatic heterocycles. The number of fused-ring (bicyclic) bond motifs is 8. The second kappa shape index (κ2) is 5.34. The number of hydrogen-bond acceptors (Lipinski definition) is 7. The Labute approximate surface area is 155 Å². The van der Waals surface area contributed by atoms with Crippen LogP contribution in [0.15, 0.2) is 34.6 Å². The molecule has 2 amide bonds. The number of non-ortho nitro benzene ring substituents is 1. The molecule has 2 aliphatic carbocycles. The van der Waals surface area contributed by atoms with Gasteiger partial charge in [-0.1, -0.05) is 5.22 Å². The fourth-order valence-corrected chi connectivity index (χ4v) is 5.57. The number of likely N-dealkylation sites (tertiary alicyclic amines) is 1. The normalized spacial score (nSPS) is 36.1. The molecular weight excluding hydrogens is 350 g/mol. The minimum absolute atomic E-state index is 0.0172. The monoisotopic (exact) mass is 369 g/mol. The first-order valence-electron chi connectivity index (χ1n) is 9.21. The van der Waals surface area contributed by atoms with E-state index in [1.165, 1.54) is 17.0 Å². The molecule has 0 unspecified atom stereocenters. The van der Waals surface area contributed by atoms with Crippen LogP contribution in [0.5, 0.6) is 0 Å². The van der Waals surface area contributed by atoms with Crippen LogP contribution in [0.3, 0.4) is 0 Å². The Hall–Kier alpha value is -2.84. The van der Waals surface area contributed by atoms with Gasteiger partial charge in [0.2, 0.25) is 11.8 Å². The van der Waals surface area contributed by atoms with Crippen LogP contribution in [0.25, 0.3) is 0 Å². The van der Waals surface area contributed by atoms with Crippen LogP contribution < -0.4 is 5.01 Å². The van der Waals surface area contributed by atoms with Gasteiger partial charge >= 0.3 is 0 Å². The molecule has 1 saturated heterocycles. The fourth-order valence-electron chi connectivity index (χ4n) is 5.57. The average molecular weight is 369 g/mol. The number of carbonyl (C=O) groups is 2. The highest BCUT2D eigenvalue weighted by Crippen LogP contribution is 2.60. The zero-order valence-corrected chi connectivity index (χ0v) is 14.9. The molecule has 9 nitrogen and oxygen atoms in total. The lowest BCUT2D eigenvalue weighted by atomic mass is 9.76. The van der Waals surface area contributed by atoms with E-state index >= 15 is 0 Å². The lowest BCUT2D eigenvalue weighted by Gasteiger charge is -2.33. The van der Waals surface area contributed by atoms with Gasteiger partial charge in [0.1, 0.15) is 0 Å². The number of amides is 2. The van der Waals surface area contributed by atoms with Gasteiger partial charge in [-0.2, -0.15) is 5.11 Å². The standard InChI is InChI=1S/C18H19N5O4/c1-8(2)21-17(24)13-11-7-12(14(13)18(21)25)16-15(11)19-20-22(16)9-3-5-10(6-4-9)23(26)27/h3-6,8,11-16H,7H2,1-2H3/t11-,12+,13-,14-,15+,16+/m0/s1. The molecule has 0 radical (unpaired) electrons. The number of nitrogens with zero attached hydrogens (tertiary/aromatic N) is 5. The van der Waals surface area contributed by atoms with Gasteiger partial charge in [-0.3, -0.25) is 24.6 Å². The summed E-state index contributed by atoms with van der Waals surface area (Å²) in [4.78, 5) is 37.6. The van der Waals surface area contributed by atoms with Gasteiger partial charge in [0.05, 0.1) is 34.5 Å². The third-order valence-corrected chi connectivity index (χ3v) is 6.53. The van der Waals surface area contributed by atoms with Gasteiger partial charge < -0.3 is 0 Å². The van der Waals surface area contributed by atoms with Crippen molar-refractivity contribution in [1.82, 2.24) is 4.90 Å². The van der Waals surface area contributed by atoms with Crippen LogP contribution in [0.1, 0.15) is 20.3 Å². The Balaban J connectivity index is 1.46. The first kappa shape index (κ1) is 16.3. The first-order chi connectivity index (χ1) is 12.9. The third kappa shape index (κ3) is 1.99. The van der Waals surface area contributed by atoms with Crippen molar-refractivity contribution in [3.05, 3.63) is 34.4 Å². The summed E-state index contributed by atoms with van der Waals surface area (Å²) in [6, 6.07) is 5.90. The lowest BCUT2D eigenvalue weighted by Crippen LogP contribution is -2.47.